The van der Waals surface area contributed by atoms with Crippen LogP contribution in [-0.2, 0) is 4.79 Å². The van der Waals surface area contributed by atoms with Gasteiger partial charge in [0.05, 0.1) is 32.5 Å². The second kappa shape index (κ2) is 10.3. The standard InChI is InChI=1S/C26H32FN3O3/c1-29(20-7-5-4-6-8-20)17-26(31)30-24(22-15-21(32-2)13-14-25(22)33-3)16-23(28-30)18-9-11-19(27)12-10-18/h9-15,20,24H,4-8,16-17H2,1-3H3. The lowest BCUT2D eigenvalue weighted by molar-refractivity contribution is -0.134. The molecule has 1 aliphatic heterocycles. The van der Waals surface area contributed by atoms with Crippen molar-refractivity contribution in [1.82, 2.24) is 9.91 Å². The molecular formula is C26H32FN3O3. The number of rotatable bonds is 7. The Balaban J connectivity index is 1.64. The van der Waals surface area contributed by atoms with Gasteiger partial charge in [0.1, 0.15) is 17.3 Å². The maximum atomic E-state index is 13.5. The molecule has 0 spiro atoms. The fourth-order valence-electron chi connectivity index (χ4n) is 4.84. The van der Waals surface area contributed by atoms with Gasteiger partial charge in [-0.25, -0.2) is 9.40 Å². The quantitative estimate of drug-likeness (QED) is 0.605. The highest BCUT2D eigenvalue weighted by Crippen LogP contribution is 2.39. The van der Waals surface area contributed by atoms with E-state index in [1.165, 1.54) is 31.4 Å². The zero-order chi connectivity index (χ0) is 23.4. The number of halogens is 1. The molecule has 176 valence electrons. The summed E-state index contributed by atoms with van der Waals surface area (Å²) in [4.78, 5) is 15.7. The molecule has 1 amide bonds. The Morgan fingerprint density at radius 2 is 1.82 bits per heavy atom. The maximum Gasteiger partial charge on any atom is 0.257 e. The van der Waals surface area contributed by atoms with E-state index in [0.29, 0.717) is 30.5 Å². The van der Waals surface area contributed by atoms with E-state index >= 15 is 0 Å². The van der Waals surface area contributed by atoms with Crippen LogP contribution in [0, 0.1) is 5.82 Å². The van der Waals surface area contributed by atoms with E-state index in [-0.39, 0.29) is 17.8 Å². The highest BCUT2D eigenvalue weighted by molar-refractivity contribution is 6.03. The number of hydrogen-bond acceptors (Lipinski definition) is 5. The van der Waals surface area contributed by atoms with Crippen molar-refractivity contribution in [2.45, 2.75) is 50.6 Å². The lowest BCUT2D eigenvalue weighted by atomic mass is 9.94. The van der Waals surface area contributed by atoms with Gasteiger partial charge in [-0.15, -0.1) is 0 Å². The second-order valence-electron chi connectivity index (χ2n) is 8.83. The van der Waals surface area contributed by atoms with E-state index < -0.39 is 0 Å². The molecule has 1 aliphatic carbocycles. The fraction of sp³-hybridized carbons (Fsp3) is 0.462. The molecule has 0 aromatic heterocycles. The van der Waals surface area contributed by atoms with Gasteiger partial charge >= 0.3 is 0 Å². The minimum atomic E-state index is -0.331. The van der Waals surface area contributed by atoms with Crippen LogP contribution < -0.4 is 9.47 Å². The summed E-state index contributed by atoms with van der Waals surface area (Å²) in [5.41, 5.74) is 2.39. The fourth-order valence-corrected chi connectivity index (χ4v) is 4.84. The van der Waals surface area contributed by atoms with Gasteiger partial charge in [0.15, 0.2) is 0 Å². The third-order valence-electron chi connectivity index (χ3n) is 6.72. The lowest BCUT2D eigenvalue weighted by Gasteiger charge is -2.32. The van der Waals surface area contributed by atoms with Crippen molar-refractivity contribution in [3.63, 3.8) is 0 Å². The first-order valence-electron chi connectivity index (χ1n) is 11.6. The van der Waals surface area contributed by atoms with Crippen molar-refractivity contribution < 1.29 is 18.7 Å². The Labute approximate surface area is 195 Å². The summed E-state index contributed by atoms with van der Waals surface area (Å²) in [5, 5.41) is 6.31. The molecule has 33 heavy (non-hydrogen) atoms. The average molecular weight is 454 g/mol. The molecule has 0 saturated heterocycles. The number of hydrazone groups is 1. The van der Waals surface area contributed by atoms with Crippen molar-refractivity contribution in [2.75, 3.05) is 27.8 Å². The monoisotopic (exact) mass is 453 g/mol. The molecule has 0 N–H and O–H groups in total. The summed E-state index contributed by atoms with van der Waals surface area (Å²) >= 11 is 0. The lowest BCUT2D eigenvalue weighted by Crippen LogP contribution is -2.42. The van der Waals surface area contributed by atoms with Gasteiger partial charge in [0.25, 0.3) is 5.91 Å². The second-order valence-corrected chi connectivity index (χ2v) is 8.83. The third kappa shape index (κ3) is 5.19. The van der Waals surface area contributed by atoms with Crippen LogP contribution in [0.5, 0.6) is 11.5 Å². The smallest absolute Gasteiger partial charge is 0.257 e. The van der Waals surface area contributed by atoms with Gasteiger partial charge < -0.3 is 9.47 Å². The molecule has 1 saturated carbocycles. The molecule has 7 heteroatoms. The molecule has 2 aromatic carbocycles. The van der Waals surface area contributed by atoms with E-state index in [1.54, 1.807) is 31.4 Å². The molecule has 1 atom stereocenters. The van der Waals surface area contributed by atoms with Gasteiger partial charge in [-0.1, -0.05) is 31.4 Å². The number of nitrogens with zero attached hydrogens (tertiary/aromatic N) is 3. The maximum absolute atomic E-state index is 13.5. The van der Waals surface area contributed by atoms with E-state index in [1.807, 2.05) is 25.2 Å². The van der Waals surface area contributed by atoms with Crippen LogP contribution in [0.25, 0.3) is 0 Å². The number of carbonyl (C=O) groups is 1. The molecule has 1 fully saturated rings. The van der Waals surface area contributed by atoms with Crippen LogP contribution in [0.1, 0.15) is 55.7 Å². The van der Waals surface area contributed by atoms with Crippen LogP contribution in [0.15, 0.2) is 47.6 Å². The van der Waals surface area contributed by atoms with Gasteiger partial charge in [0.2, 0.25) is 0 Å². The molecule has 6 nitrogen and oxygen atoms in total. The van der Waals surface area contributed by atoms with E-state index in [2.05, 4.69) is 4.90 Å². The van der Waals surface area contributed by atoms with Crippen LogP contribution in [0.4, 0.5) is 4.39 Å². The number of ether oxygens (including phenoxy) is 2. The van der Waals surface area contributed by atoms with Crippen LogP contribution in [0.3, 0.4) is 0 Å². The van der Waals surface area contributed by atoms with Crippen LogP contribution >= 0.6 is 0 Å². The zero-order valence-electron chi connectivity index (χ0n) is 19.6. The minimum absolute atomic E-state index is 0.0601. The molecule has 1 heterocycles. The van der Waals surface area contributed by atoms with Gasteiger partial charge in [-0.2, -0.15) is 5.10 Å². The molecular weight excluding hydrogens is 421 g/mol. The molecule has 1 unspecified atom stereocenters. The van der Waals surface area contributed by atoms with E-state index in [0.717, 1.165) is 29.7 Å². The summed E-state index contributed by atoms with van der Waals surface area (Å²) in [7, 11) is 5.25. The number of methoxy groups -OCH3 is 2. The Morgan fingerprint density at radius 3 is 2.48 bits per heavy atom. The van der Waals surface area contributed by atoms with Gasteiger partial charge in [-0.3, -0.25) is 9.69 Å². The molecule has 0 radical (unpaired) electrons. The Bertz CT molecular complexity index is 1000. The normalized spacial score (nSPS) is 19.0. The largest absolute Gasteiger partial charge is 0.497 e. The average Bonchev–Trinajstić information content (AvgIpc) is 3.30. The van der Waals surface area contributed by atoms with Crippen molar-refractivity contribution in [2.24, 2.45) is 5.10 Å². The van der Waals surface area contributed by atoms with E-state index in [9.17, 15) is 9.18 Å². The highest BCUT2D eigenvalue weighted by atomic mass is 19.1. The number of amides is 1. The van der Waals surface area contributed by atoms with Crippen molar-refractivity contribution in [3.8, 4) is 11.5 Å². The van der Waals surface area contributed by atoms with Gasteiger partial charge in [0, 0.05) is 18.0 Å². The molecule has 4 rings (SSSR count). The molecule has 2 aromatic rings. The number of likely N-dealkylation sites (N-methyl/N-ethyl adjacent to an activating group) is 1. The highest BCUT2D eigenvalue weighted by Gasteiger charge is 2.36. The Kier molecular flexibility index (Phi) is 7.28. The van der Waals surface area contributed by atoms with Gasteiger partial charge in [-0.05, 0) is 55.8 Å². The summed E-state index contributed by atoms with van der Waals surface area (Å²) in [5.74, 6) is 1.00. The SMILES string of the molecule is COc1ccc(OC)c(C2CC(c3ccc(F)cc3)=NN2C(=O)CN(C)C2CCCCC2)c1. The van der Waals surface area contributed by atoms with Crippen molar-refractivity contribution in [1.29, 1.82) is 0 Å². The summed E-state index contributed by atoms with van der Waals surface area (Å²) in [6, 6.07) is 11.9. The summed E-state index contributed by atoms with van der Waals surface area (Å²) < 4.78 is 24.5. The van der Waals surface area contributed by atoms with Crippen molar-refractivity contribution >= 4 is 11.6 Å². The first-order valence-corrected chi connectivity index (χ1v) is 11.6. The summed E-state index contributed by atoms with van der Waals surface area (Å²) in [6.07, 6.45) is 6.45. The van der Waals surface area contributed by atoms with Crippen molar-refractivity contribution in [3.05, 3.63) is 59.4 Å². The number of carbonyl (C=O) groups excluding carboxylic acids is 1. The summed E-state index contributed by atoms with van der Waals surface area (Å²) in [6.45, 7) is 0.299. The van der Waals surface area contributed by atoms with Crippen LogP contribution in [0.2, 0.25) is 0 Å². The molecule has 0 bridgehead atoms. The first kappa shape index (κ1) is 23.2. The predicted octanol–water partition coefficient (Wildman–Crippen LogP) is 4.79. The Hall–Kier alpha value is -2.93. The predicted molar refractivity (Wildman–Crippen MR) is 126 cm³/mol. The number of hydrogen-bond donors (Lipinski definition) is 0. The first-order chi connectivity index (χ1) is 16.0. The molecule has 2 aliphatic rings. The topological polar surface area (TPSA) is 54.4 Å². The van der Waals surface area contributed by atoms with E-state index in [4.69, 9.17) is 14.6 Å². The number of benzene rings is 2. The van der Waals surface area contributed by atoms with Crippen LogP contribution in [-0.4, -0.2) is 55.4 Å². The third-order valence-corrected chi connectivity index (χ3v) is 6.72. The Morgan fingerprint density at radius 1 is 1.09 bits per heavy atom. The minimum Gasteiger partial charge on any atom is -0.497 e. The zero-order valence-corrected chi connectivity index (χ0v) is 19.6.